The first kappa shape index (κ1) is 15.9. The van der Waals surface area contributed by atoms with Gasteiger partial charge in [-0.1, -0.05) is 19.9 Å². The van der Waals surface area contributed by atoms with Gasteiger partial charge >= 0.3 is 5.97 Å². The number of benzene rings is 1. The molecule has 2 rings (SSSR count). The zero-order valence-electron chi connectivity index (χ0n) is 12.5. The minimum atomic E-state index is -1.04. The predicted molar refractivity (Wildman–Crippen MR) is 82.3 cm³/mol. The molecular weight excluding hydrogens is 285 g/mol. The van der Waals surface area contributed by atoms with Gasteiger partial charge in [-0.05, 0) is 41.8 Å². The van der Waals surface area contributed by atoms with E-state index in [1.165, 1.54) is 18.2 Å². The van der Waals surface area contributed by atoms with Crippen LogP contribution < -0.4 is 5.56 Å². The van der Waals surface area contributed by atoms with E-state index in [0.717, 1.165) is 5.56 Å². The van der Waals surface area contributed by atoms with E-state index in [9.17, 15) is 14.0 Å². The standard InChI is InChI=1S/C17H18FNO3/c1-11(2)10-19-15(12-3-6-14(18)7-4-12)8-5-13(17(19)22)9-16(20)21/h3-8,11H,9-10H2,1-2H3,(H,20,21). The van der Waals surface area contributed by atoms with Crippen LogP contribution in [-0.4, -0.2) is 15.6 Å². The lowest BCUT2D eigenvalue weighted by Gasteiger charge is -2.16. The summed E-state index contributed by atoms with van der Waals surface area (Å²) < 4.78 is 14.6. The van der Waals surface area contributed by atoms with E-state index in [2.05, 4.69) is 0 Å². The number of pyridine rings is 1. The molecule has 2 aromatic rings. The van der Waals surface area contributed by atoms with Gasteiger partial charge in [0.05, 0.1) is 12.1 Å². The molecule has 1 aromatic carbocycles. The van der Waals surface area contributed by atoms with Crippen molar-refractivity contribution in [3.05, 3.63) is 58.1 Å². The topological polar surface area (TPSA) is 59.3 Å². The third-order valence-corrected chi connectivity index (χ3v) is 3.28. The van der Waals surface area contributed by atoms with Crippen molar-refractivity contribution in [1.29, 1.82) is 0 Å². The monoisotopic (exact) mass is 303 g/mol. The van der Waals surface area contributed by atoms with Crippen molar-refractivity contribution in [2.24, 2.45) is 5.92 Å². The van der Waals surface area contributed by atoms with Crippen LogP contribution in [0.4, 0.5) is 4.39 Å². The number of carboxylic acids is 1. The highest BCUT2D eigenvalue weighted by molar-refractivity contribution is 5.70. The molecule has 0 atom stereocenters. The first-order chi connectivity index (χ1) is 10.4. The lowest BCUT2D eigenvalue weighted by Crippen LogP contribution is -2.28. The van der Waals surface area contributed by atoms with E-state index in [1.807, 2.05) is 13.8 Å². The quantitative estimate of drug-likeness (QED) is 0.924. The lowest BCUT2D eigenvalue weighted by atomic mass is 10.1. The van der Waals surface area contributed by atoms with Gasteiger partial charge in [-0.3, -0.25) is 9.59 Å². The summed E-state index contributed by atoms with van der Waals surface area (Å²) in [6, 6.07) is 9.15. The van der Waals surface area contributed by atoms with Crippen LogP contribution in [0.2, 0.25) is 0 Å². The van der Waals surface area contributed by atoms with Crippen molar-refractivity contribution in [2.75, 3.05) is 0 Å². The Morgan fingerprint density at radius 2 is 1.82 bits per heavy atom. The summed E-state index contributed by atoms with van der Waals surface area (Å²) >= 11 is 0. The van der Waals surface area contributed by atoms with Gasteiger partial charge in [-0.25, -0.2) is 4.39 Å². The molecule has 5 heteroatoms. The molecule has 0 saturated heterocycles. The molecule has 22 heavy (non-hydrogen) atoms. The molecule has 0 bridgehead atoms. The second-order valence-electron chi connectivity index (χ2n) is 5.63. The summed E-state index contributed by atoms with van der Waals surface area (Å²) in [5.74, 6) is -1.16. The van der Waals surface area contributed by atoms with E-state index in [0.29, 0.717) is 12.2 Å². The zero-order chi connectivity index (χ0) is 16.3. The molecule has 0 spiro atoms. The number of aliphatic carboxylic acids is 1. The van der Waals surface area contributed by atoms with Gasteiger partial charge in [-0.15, -0.1) is 0 Å². The number of aromatic nitrogens is 1. The maximum absolute atomic E-state index is 13.1. The predicted octanol–water partition coefficient (Wildman–Crippen LogP) is 2.94. The van der Waals surface area contributed by atoms with Crippen LogP contribution in [-0.2, 0) is 17.8 Å². The van der Waals surface area contributed by atoms with E-state index < -0.39 is 5.97 Å². The third-order valence-electron chi connectivity index (χ3n) is 3.28. The van der Waals surface area contributed by atoms with Crippen LogP contribution in [0.15, 0.2) is 41.2 Å². The maximum Gasteiger partial charge on any atom is 0.308 e. The van der Waals surface area contributed by atoms with Gasteiger partial charge in [0.15, 0.2) is 0 Å². The summed E-state index contributed by atoms with van der Waals surface area (Å²) in [4.78, 5) is 23.4. The van der Waals surface area contributed by atoms with Crippen LogP contribution in [0.3, 0.4) is 0 Å². The second kappa shape index (κ2) is 6.56. The first-order valence-corrected chi connectivity index (χ1v) is 7.09. The number of carbonyl (C=O) groups is 1. The van der Waals surface area contributed by atoms with E-state index in [1.54, 1.807) is 22.8 Å². The van der Waals surface area contributed by atoms with E-state index >= 15 is 0 Å². The van der Waals surface area contributed by atoms with Crippen molar-refractivity contribution in [3.63, 3.8) is 0 Å². The fraction of sp³-hybridized carbons (Fsp3) is 0.294. The zero-order valence-corrected chi connectivity index (χ0v) is 12.5. The molecule has 0 unspecified atom stereocenters. The fourth-order valence-corrected chi connectivity index (χ4v) is 2.34. The highest BCUT2D eigenvalue weighted by atomic mass is 19.1. The number of hydrogen-bond donors (Lipinski definition) is 1. The summed E-state index contributed by atoms with van der Waals surface area (Å²) in [6.07, 6.45) is -0.305. The van der Waals surface area contributed by atoms with Gasteiger partial charge < -0.3 is 9.67 Å². The van der Waals surface area contributed by atoms with Gasteiger partial charge in [0, 0.05) is 12.1 Å². The number of halogens is 1. The molecule has 0 aliphatic rings. The molecule has 1 aromatic heterocycles. The van der Waals surface area contributed by atoms with Crippen LogP contribution >= 0.6 is 0 Å². The number of rotatable bonds is 5. The molecule has 1 N–H and O–H groups in total. The van der Waals surface area contributed by atoms with Crippen molar-refractivity contribution >= 4 is 5.97 Å². The summed E-state index contributed by atoms with van der Waals surface area (Å²) in [7, 11) is 0. The highest BCUT2D eigenvalue weighted by Crippen LogP contribution is 2.20. The SMILES string of the molecule is CC(C)Cn1c(-c2ccc(F)cc2)ccc(CC(=O)O)c1=O. The number of carboxylic acid groups (broad SMARTS) is 1. The smallest absolute Gasteiger partial charge is 0.308 e. The average molecular weight is 303 g/mol. The largest absolute Gasteiger partial charge is 0.481 e. The number of hydrogen-bond acceptors (Lipinski definition) is 2. The van der Waals surface area contributed by atoms with Crippen molar-refractivity contribution in [1.82, 2.24) is 4.57 Å². The first-order valence-electron chi connectivity index (χ1n) is 7.09. The molecule has 0 amide bonds. The Labute approximate surface area is 127 Å². The normalized spacial score (nSPS) is 10.9. The molecule has 0 aliphatic carbocycles. The molecule has 0 saturated carbocycles. The third kappa shape index (κ3) is 3.61. The molecular formula is C17H18FNO3. The van der Waals surface area contributed by atoms with Crippen LogP contribution in [0.5, 0.6) is 0 Å². The van der Waals surface area contributed by atoms with Crippen molar-refractivity contribution < 1.29 is 14.3 Å². The average Bonchev–Trinajstić information content (AvgIpc) is 2.44. The van der Waals surface area contributed by atoms with Crippen LogP contribution in [0.25, 0.3) is 11.3 Å². The van der Waals surface area contributed by atoms with Gasteiger partial charge in [-0.2, -0.15) is 0 Å². The van der Waals surface area contributed by atoms with E-state index in [4.69, 9.17) is 5.11 Å². The molecule has 116 valence electrons. The summed E-state index contributed by atoms with van der Waals surface area (Å²) in [6.45, 7) is 4.43. The van der Waals surface area contributed by atoms with Crippen LogP contribution in [0, 0.1) is 11.7 Å². The Bertz CT molecular complexity index is 733. The van der Waals surface area contributed by atoms with Crippen molar-refractivity contribution in [3.8, 4) is 11.3 Å². The summed E-state index contributed by atoms with van der Waals surface area (Å²) in [5, 5.41) is 8.89. The minimum absolute atomic E-state index is 0.219. The minimum Gasteiger partial charge on any atom is -0.481 e. The number of nitrogens with zero attached hydrogens (tertiary/aromatic N) is 1. The Kier molecular flexibility index (Phi) is 4.75. The Morgan fingerprint density at radius 1 is 1.18 bits per heavy atom. The Morgan fingerprint density at radius 3 is 2.36 bits per heavy atom. The summed E-state index contributed by atoms with van der Waals surface area (Å²) in [5.41, 5.74) is 1.32. The van der Waals surface area contributed by atoms with Gasteiger partial charge in [0.1, 0.15) is 5.82 Å². The highest BCUT2D eigenvalue weighted by Gasteiger charge is 2.13. The Hall–Kier alpha value is -2.43. The van der Waals surface area contributed by atoms with Crippen molar-refractivity contribution in [2.45, 2.75) is 26.8 Å². The van der Waals surface area contributed by atoms with E-state index in [-0.39, 0.29) is 29.3 Å². The molecule has 0 aliphatic heterocycles. The lowest BCUT2D eigenvalue weighted by molar-refractivity contribution is -0.136. The Balaban J connectivity index is 2.58. The molecule has 0 radical (unpaired) electrons. The fourth-order valence-electron chi connectivity index (χ4n) is 2.34. The van der Waals surface area contributed by atoms with Gasteiger partial charge in [0.2, 0.25) is 0 Å². The second-order valence-corrected chi connectivity index (χ2v) is 5.63. The maximum atomic E-state index is 13.1. The molecule has 4 nitrogen and oxygen atoms in total. The molecule has 1 heterocycles. The molecule has 0 fully saturated rings. The van der Waals surface area contributed by atoms with Gasteiger partial charge in [0.25, 0.3) is 5.56 Å². The van der Waals surface area contributed by atoms with Crippen LogP contribution in [0.1, 0.15) is 19.4 Å².